The summed E-state index contributed by atoms with van der Waals surface area (Å²) in [4.78, 5) is 27.7. The van der Waals surface area contributed by atoms with Crippen LogP contribution in [0.25, 0.3) is 9.88 Å². The monoisotopic (exact) mass is 295 g/mol. The molecule has 0 atom stereocenters. The van der Waals surface area contributed by atoms with E-state index < -0.39 is 0 Å². The topological polar surface area (TPSA) is 47.0 Å². The average Bonchev–Trinajstić information content (AvgIpc) is 3.07. The summed E-state index contributed by atoms with van der Waals surface area (Å²) in [7, 11) is 0. The Labute approximate surface area is 121 Å². The molecule has 0 aliphatic heterocycles. The molecular weight excluding hydrogens is 278 g/mol. The highest BCUT2D eigenvalue weighted by Crippen LogP contribution is 2.31. The molecule has 2 aromatic rings. The normalized spacial score (nSPS) is 9.63. The number of aromatic nitrogens is 1. The van der Waals surface area contributed by atoms with Crippen LogP contribution in [-0.2, 0) is 11.2 Å². The molecule has 0 aromatic carbocycles. The summed E-state index contributed by atoms with van der Waals surface area (Å²) in [6, 6.07) is 3.75. The Morgan fingerprint density at radius 2 is 2.11 bits per heavy atom. The minimum absolute atomic E-state index is 0.0824. The van der Waals surface area contributed by atoms with E-state index in [0.29, 0.717) is 12.8 Å². The number of hydrogen-bond donors (Lipinski definition) is 0. The first-order valence-electron chi connectivity index (χ1n) is 6.20. The second-order valence-corrected chi connectivity index (χ2v) is 5.51. The van der Waals surface area contributed by atoms with Crippen molar-refractivity contribution < 1.29 is 9.59 Å². The predicted molar refractivity (Wildman–Crippen MR) is 81.2 cm³/mol. The van der Waals surface area contributed by atoms with Crippen LogP contribution in [0.3, 0.4) is 0 Å². The van der Waals surface area contributed by atoms with Crippen LogP contribution in [0.1, 0.15) is 42.6 Å². The maximum atomic E-state index is 11.2. The SMILES string of the molecule is CC.CC(=O)c1ccc(-c2nc(CCC=O)cs2)s1. The van der Waals surface area contributed by atoms with E-state index in [0.717, 1.165) is 26.7 Å². The molecule has 0 saturated carbocycles. The number of Topliss-reactive ketones (excluding diaryl/α,β-unsaturated/α-hetero) is 1. The molecule has 102 valence electrons. The average molecular weight is 295 g/mol. The fourth-order valence-corrected chi connectivity index (χ4v) is 3.21. The van der Waals surface area contributed by atoms with Gasteiger partial charge in [0.2, 0.25) is 0 Å². The van der Waals surface area contributed by atoms with Crippen LogP contribution in [0.5, 0.6) is 0 Å². The molecule has 0 amide bonds. The predicted octanol–water partition coefficient (Wildman–Crippen LogP) is 4.23. The zero-order valence-electron chi connectivity index (χ0n) is 11.3. The molecule has 2 rings (SSSR count). The van der Waals surface area contributed by atoms with Crippen molar-refractivity contribution >= 4 is 34.7 Å². The van der Waals surface area contributed by atoms with Crippen LogP contribution >= 0.6 is 22.7 Å². The number of carbonyl (C=O) groups is 2. The lowest BCUT2D eigenvalue weighted by Crippen LogP contribution is -1.85. The van der Waals surface area contributed by atoms with E-state index in [1.54, 1.807) is 18.3 Å². The molecule has 3 nitrogen and oxygen atoms in total. The fraction of sp³-hybridized carbons (Fsp3) is 0.357. The zero-order chi connectivity index (χ0) is 14.3. The van der Waals surface area contributed by atoms with E-state index in [1.807, 2.05) is 31.4 Å². The minimum atomic E-state index is 0.0824. The number of nitrogens with zero attached hydrogens (tertiary/aromatic N) is 1. The van der Waals surface area contributed by atoms with Crippen molar-refractivity contribution in [1.82, 2.24) is 4.98 Å². The lowest BCUT2D eigenvalue weighted by molar-refractivity contribution is -0.107. The Morgan fingerprint density at radius 3 is 2.68 bits per heavy atom. The van der Waals surface area contributed by atoms with Gasteiger partial charge < -0.3 is 4.79 Å². The second-order valence-electron chi connectivity index (χ2n) is 3.57. The number of aryl methyl sites for hydroxylation is 1. The van der Waals surface area contributed by atoms with Gasteiger partial charge in [0.1, 0.15) is 11.3 Å². The van der Waals surface area contributed by atoms with Gasteiger partial charge in [0.25, 0.3) is 0 Å². The van der Waals surface area contributed by atoms with Gasteiger partial charge in [-0.15, -0.1) is 22.7 Å². The van der Waals surface area contributed by atoms with Crippen LogP contribution in [0.15, 0.2) is 17.5 Å². The summed E-state index contributed by atoms with van der Waals surface area (Å²) < 4.78 is 0. The van der Waals surface area contributed by atoms with Gasteiger partial charge >= 0.3 is 0 Å². The molecule has 0 aliphatic carbocycles. The fourth-order valence-electron chi connectivity index (χ4n) is 1.38. The Bertz CT molecular complexity index is 543. The molecule has 0 radical (unpaired) electrons. The summed E-state index contributed by atoms with van der Waals surface area (Å²) in [5.41, 5.74) is 0.940. The van der Waals surface area contributed by atoms with Crippen molar-refractivity contribution in [2.45, 2.75) is 33.6 Å². The number of aldehydes is 1. The number of ketones is 1. The standard InChI is InChI=1S/C12H11NO2S2.C2H6/c1-8(15)10-4-5-11(17-10)12-13-9(7-16-12)3-2-6-14;1-2/h4-7H,2-3H2,1H3;1-2H3. The van der Waals surface area contributed by atoms with Crippen LogP contribution in [0, 0.1) is 0 Å². The third-order valence-electron chi connectivity index (χ3n) is 2.23. The molecule has 19 heavy (non-hydrogen) atoms. The maximum Gasteiger partial charge on any atom is 0.169 e. The Hall–Kier alpha value is -1.33. The van der Waals surface area contributed by atoms with Gasteiger partial charge in [-0.2, -0.15) is 0 Å². The molecular formula is C14H17NO2S2. The van der Waals surface area contributed by atoms with E-state index in [-0.39, 0.29) is 5.78 Å². The highest BCUT2D eigenvalue weighted by Gasteiger charge is 2.09. The first-order valence-corrected chi connectivity index (χ1v) is 7.89. The molecule has 0 aliphatic rings. The van der Waals surface area contributed by atoms with Crippen LogP contribution in [0.4, 0.5) is 0 Å². The van der Waals surface area contributed by atoms with Crippen molar-refractivity contribution in [3.8, 4) is 9.88 Å². The maximum absolute atomic E-state index is 11.2. The molecule has 0 fully saturated rings. The molecule has 0 saturated heterocycles. The van der Waals surface area contributed by atoms with Crippen molar-refractivity contribution in [3.63, 3.8) is 0 Å². The number of thiophene rings is 1. The number of carbonyl (C=O) groups excluding carboxylic acids is 2. The van der Waals surface area contributed by atoms with Gasteiger partial charge in [-0.25, -0.2) is 4.98 Å². The summed E-state index contributed by atoms with van der Waals surface area (Å²) in [5, 5.41) is 2.88. The minimum Gasteiger partial charge on any atom is -0.303 e. The second kappa shape index (κ2) is 7.96. The number of thiazole rings is 1. The quantitative estimate of drug-likeness (QED) is 0.612. The molecule has 0 N–H and O–H groups in total. The van der Waals surface area contributed by atoms with Gasteiger partial charge in [-0.3, -0.25) is 4.79 Å². The first kappa shape index (κ1) is 15.7. The van der Waals surface area contributed by atoms with Gasteiger partial charge in [0.05, 0.1) is 15.4 Å². The van der Waals surface area contributed by atoms with E-state index >= 15 is 0 Å². The van der Waals surface area contributed by atoms with Gasteiger partial charge in [-0.1, -0.05) is 13.8 Å². The Kier molecular flexibility index (Phi) is 6.59. The van der Waals surface area contributed by atoms with E-state index in [1.165, 1.54) is 11.3 Å². The zero-order valence-corrected chi connectivity index (χ0v) is 12.9. The van der Waals surface area contributed by atoms with Crippen molar-refractivity contribution in [2.24, 2.45) is 0 Å². The van der Waals surface area contributed by atoms with Crippen molar-refractivity contribution in [3.05, 3.63) is 28.1 Å². The summed E-state index contributed by atoms with van der Waals surface area (Å²) >= 11 is 3.01. The lowest BCUT2D eigenvalue weighted by atomic mass is 10.3. The molecule has 2 aromatic heterocycles. The smallest absolute Gasteiger partial charge is 0.169 e. The third-order valence-corrected chi connectivity index (χ3v) is 4.48. The summed E-state index contributed by atoms with van der Waals surface area (Å²) in [5.74, 6) is 0.0824. The Morgan fingerprint density at radius 1 is 1.37 bits per heavy atom. The number of hydrogen-bond acceptors (Lipinski definition) is 5. The third kappa shape index (κ3) is 4.36. The lowest BCUT2D eigenvalue weighted by Gasteiger charge is -1.89. The van der Waals surface area contributed by atoms with E-state index in [2.05, 4.69) is 4.98 Å². The van der Waals surface area contributed by atoms with Crippen LogP contribution in [-0.4, -0.2) is 17.1 Å². The van der Waals surface area contributed by atoms with Crippen molar-refractivity contribution in [2.75, 3.05) is 0 Å². The van der Waals surface area contributed by atoms with Gasteiger partial charge in [-0.05, 0) is 25.5 Å². The summed E-state index contributed by atoms with van der Waals surface area (Å²) in [6.45, 7) is 5.56. The summed E-state index contributed by atoms with van der Waals surface area (Å²) in [6.07, 6.45) is 2.09. The highest BCUT2D eigenvalue weighted by molar-refractivity contribution is 7.22. The van der Waals surface area contributed by atoms with Crippen LogP contribution in [0.2, 0.25) is 0 Å². The van der Waals surface area contributed by atoms with E-state index in [4.69, 9.17) is 0 Å². The number of rotatable bonds is 5. The molecule has 0 unspecified atom stereocenters. The van der Waals surface area contributed by atoms with Crippen molar-refractivity contribution in [1.29, 1.82) is 0 Å². The molecule has 2 heterocycles. The Balaban J connectivity index is 0.000000861. The van der Waals surface area contributed by atoms with Gasteiger partial charge in [0, 0.05) is 11.8 Å². The largest absolute Gasteiger partial charge is 0.303 e. The molecule has 0 bridgehead atoms. The van der Waals surface area contributed by atoms with Gasteiger partial charge in [0.15, 0.2) is 5.78 Å². The molecule has 0 spiro atoms. The van der Waals surface area contributed by atoms with Crippen LogP contribution < -0.4 is 0 Å². The highest BCUT2D eigenvalue weighted by atomic mass is 32.1. The molecule has 5 heteroatoms. The van der Waals surface area contributed by atoms with E-state index in [9.17, 15) is 9.59 Å². The first-order chi connectivity index (χ1) is 9.20.